The van der Waals surface area contributed by atoms with Crippen LogP contribution >= 0.6 is 11.3 Å². The second-order valence-electron chi connectivity index (χ2n) is 6.15. The smallest absolute Gasteiger partial charge is 0.0944 e. The lowest BCUT2D eigenvalue weighted by Gasteiger charge is -2.39. The maximum Gasteiger partial charge on any atom is 0.0944 e. The molecular weight excluding hydrogens is 282 g/mol. The van der Waals surface area contributed by atoms with Crippen LogP contribution in [0.25, 0.3) is 0 Å². The zero-order valence-corrected chi connectivity index (χ0v) is 14.6. The first-order chi connectivity index (χ1) is 10.1. The molecule has 5 heteroatoms. The molecule has 1 fully saturated rings. The van der Waals surface area contributed by atoms with Crippen LogP contribution in [0.5, 0.6) is 0 Å². The van der Waals surface area contributed by atoms with Gasteiger partial charge >= 0.3 is 0 Å². The largest absolute Gasteiger partial charge is 0.374 e. The first kappa shape index (κ1) is 16.9. The monoisotopic (exact) mass is 311 g/mol. The summed E-state index contributed by atoms with van der Waals surface area (Å²) in [6, 6.07) is 0.947. The van der Waals surface area contributed by atoms with E-state index in [1.165, 1.54) is 5.01 Å². The molecule has 1 aromatic heterocycles. The van der Waals surface area contributed by atoms with Crippen molar-refractivity contribution >= 4 is 11.3 Å². The predicted molar refractivity (Wildman–Crippen MR) is 89.1 cm³/mol. The second-order valence-corrected chi connectivity index (χ2v) is 7.09. The molecule has 0 radical (unpaired) electrons. The van der Waals surface area contributed by atoms with Gasteiger partial charge in [-0.15, -0.1) is 11.3 Å². The van der Waals surface area contributed by atoms with Crippen molar-refractivity contribution in [3.63, 3.8) is 0 Å². The van der Waals surface area contributed by atoms with Crippen molar-refractivity contribution in [3.05, 3.63) is 16.1 Å². The highest BCUT2D eigenvalue weighted by atomic mass is 32.1. The molecule has 0 aromatic carbocycles. The van der Waals surface area contributed by atoms with Gasteiger partial charge in [-0.1, -0.05) is 6.92 Å². The molecule has 1 saturated heterocycles. The van der Waals surface area contributed by atoms with Gasteiger partial charge < -0.3 is 10.1 Å². The molecule has 0 amide bonds. The molecule has 21 heavy (non-hydrogen) atoms. The minimum atomic E-state index is 0.261. The lowest BCUT2D eigenvalue weighted by Crippen LogP contribution is -2.54. The quantitative estimate of drug-likeness (QED) is 0.839. The van der Waals surface area contributed by atoms with Gasteiger partial charge in [0, 0.05) is 42.7 Å². The molecule has 0 saturated carbocycles. The fraction of sp³-hybridized carbons (Fsp3) is 0.812. The number of hydrogen-bond acceptors (Lipinski definition) is 5. The first-order valence-corrected chi connectivity index (χ1v) is 8.98. The highest BCUT2D eigenvalue weighted by Gasteiger charge is 2.29. The maximum atomic E-state index is 6.07. The van der Waals surface area contributed by atoms with Gasteiger partial charge in [-0.05, 0) is 33.7 Å². The van der Waals surface area contributed by atoms with E-state index in [2.05, 4.69) is 48.3 Å². The van der Waals surface area contributed by atoms with Crippen LogP contribution in [0.3, 0.4) is 0 Å². The topological polar surface area (TPSA) is 37.4 Å². The Morgan fingerprint density at radius 2 is 2.33 bits per heavy atom. The number of nitrogens with zero attached hydrogens (tertiary/aromatic N) is 2. The highest BCUT2D eigenvalue weighted by Crippen LogP contribution is 2.17. The Balaban J connectivity index is 2.00. The molecule has 1 aliphatic rings. The summed E-state index contributed by atoms with van der Waals surface area (Å²) in [7, 11) is 0. The van der Waals surface area contributed by atoms with Crippen LogP contribution in [-0.4, -0.2) is 54.3 Å². The average Bonchev–Trinajstić information content (AvgIpc) is 2.89. The number of thiazole rings is 1. The fourth-order valence-corrected chi connectivity index (χ4v) is 3.59. The Kier molecular flexibility index (Phi) is 6.61. The summed E-state index contributed by atoms with van der Waals surface area (Å²) in [5.41, 5.74) is 1.12. The molecule has 1 aromatic rings. The zero-order chi connectivity index (χ0) is 15.2. The van der Waals surface area contributed by atoms with E-state index in [0.717, 1.165) is 44.8 Å². The van der Waals surface area contributed by atoms with Gasteiger partial charge in [0.1, 0.15) is 0 Å². The third kappa shape index (κ3) is 5.02. The van der Waals surface area contributed by atoms with Gasteiger partial charge in [0.05, 0.1) is 17.7 Å². The Morgan fingerprint density at radius 1 is 1.52 bits per heavy atom. The summed E-state index contributed by atoms with van der Waals surface area (Å²) in [6.45, 7) is 12.7. The minimum Gasteiger partial charge on any atom is -0.374 e. The van der Waals surface area contributed by atoms with Crippen LogP contribution in [0.15, 0.2) is 5.38 Å². The summed E-state index contributed by atoms with van der Waals surface area (Å²) >= 11 is 1.76. The van der Waals surface area contributed by atoms with Gasteiger partial charge in [-0.3, -0.25) is 4.90 Å². The molecule has 2 heterocycles. The molecule has 4 nitrogen and oxygen atoms in total. The lowest BCUT2D eigenvalue weighted by atomic mass is 10.0. The van der Waals surface area contributed by atoms with Crippen molar-refractivity contribution in [2.24, 2.45) is 0 Å². The van der Waals surface area contributed by atoms with Crippen molar-refractivity contribution in [3.8, 4) is 0 Å². The number of rotatable bonds is 7. The predicted octanol–water partition coefficient (Wildman–Crippen LogP) is 2.47. The van der Waals surface area contributed by atoms with Crippen LogP contribution in [0.1, 0.15) is 37.9 Å². The molecular formula is C16H29N3OS. The average molecular weight is 311 g/mol. The third-order valence-electron chi connectivity index (χ3n) is 4.02. The van der Waals surface area contributed by atoms with Crippen molar-refractivity contribution < 1.29 is 4.74 Å². The van der Waals surface area contributed by atoms with Crippen LogP contribution in [0.2, 0.25) is 0 Å². The van der Waals surface area contributed by atoms with Gasteiger partial charge in [0.15, 0.2) is 0 Å². The van der Waals surface area contributed by atoms with E-state index in [0.29, 0.717) is 12.1 Å². The van der Waals surface area contributed by atoms with Gasteiger partial charge in [0.25, 0.3) is 0 Å². The molecule has 2 rings (SSSR count). The van der Waals surface area contributed by atoms with Crippen molar-refractivity contribution in [1.29, 1.82) is 0 Å². The summed E-state index contributed by atoms with van der Waals surface area (Å²) in [6.07, 6.45) is 2.38. The van der Waals surface area contributed by atoms with E-state index in [1.807, 2.05) is 0 Å². The number of nitrogens with one attached hydrogen (secondary N) is 1. The first-order valence-electron chi connectivity index (χ1n) is 8.10. The van der Waals surface area contributed by atoms with E-state index >= 15 is 0 Å². The van der Waals surface area contributed by atoms with E-state index in [1.54, 1.807) is 11.3 Å². The minimum absolute atomic E-state index is 0.261. The molecule has 0 spiro atoms. The van der Waals surface area contributed by atoms with Crippen LogP contribution in [0, 0.1) is 6.92 Å². The molecule has 2 atom stereocenters. The number of ether oxygens (including phenoxy) is 1. The second kappa shape index (κ2) is 8.22. The Hall–Kier alpha value is -0.490. The van der Waals surface area contributed by atoms with Crippen molar-refractivity contribution in [2.45, 2.75) is 58.7 Å². The number of morpholine rings is 1. The Labute approximate surface area is 132 Å². The molecule has 2 unspecified atom stereocenters. The van der Waals surface area contributed by atoms with Crippen LogP contribution in [-0.2, 0) is 11.2 Å². The lowest BCUT2D eigenvalue weighted by molar-refractivity contribution is -0.0552. The zero-order valence-electron chi connectivity index (χ0n) is 13.8. The summed E-state index contributed by atoms with van der Waals surface area (Å²) in [5, 5.41) is 7.02. The number of aromatic nitrogens is 1. The maximum absolute atomic E-state index is 6.07. The van der Waals surface area contributed by atoms with E-state index < -0.39 is 0 Å². The SMILES string of the molecule is CCCNC(Cc1nc(C)cs1)C1CN(C(C)C)CCO1. The van der Waals surface area contributed by atoms with E-state index in [9.17, 15) is 0 Å². The standard InChI is InChI=1S/C16H29N3OS/c1-5-6-17-14(9-16-18-13(4)11-21-16)15-10-19(12(2)3)7-8-20-15/h11-12,14-15,17H,5-10H2,1-4H3. The summed E-state index contributed by atoms with van der Waals surface area (Å²) in [4.78, 5) is 7.13. The molecule has 0 bridgehead atoms. The van der Waals surface area contributed by atoms with Crippen LogP contribution in [0.4, 0.5) is 0 Å². The third-order valence-corrected chi connectivity index (χ3v) is 5.01. The number of hydrogen-bond donors (Lipinski definition) is 1. The highest BCUT2D eigenvalue weighted by molar-refractivity contribution is 7.09. The Morgan fingerprint density at radius 3 is 2.95 bits per heavy atom. The molecule has 0 aliphatic carbocycles. The summed E-state index contributed by atoms with van der Waals surface area (Å²) < 4.78 is 6.07. The summed E-state index contributed by atoms with van der Waals surface area (Å²) in [5.74, 6) is 0. The normalized spacial score (nSPS) is 21.9. The van der Waals surface area contributed by atoms with Crippen LogP contribution < -0.4 is 5.32 Å². The van der Waals surface area contributed by atoms with Crippen molar-refractivity contribution in [1.82, 2.24) is 15.2 Å². The van der Waals surface area contributed by atoms with E-state index in [-0.39, 0.29) is 6.10 Å². The van der Waals surface area contributed by atoms with Gasteiger partial charge in [-0.25, -0.2) is 4.98 Å². The number of aryl methyl sites for hydroxylation is 1. The molecule has 120 valence electrons. The Bertz CT molecular complexity index is 421. The molecule has 1 N–H and O–H groups in total. The molecule has 1 aliphatic heterocycles. The van der Waals surface area contributed by atoms with E-state index in [4.69, 9.17) is 4.74 Å². The van der Waals surface area contributed by atoms with Crippen molar-refractivity contribution in [2.75, 3.05) is 26.2 Å². The fourth-order valence-electron chi connectivity index (χ4n) is 2.76. The van der Waals surface area contributed by atoms with Gasteiger partial charge in [0.2, 0.25) is 0 Å². The van der Waals surface area contributed by atoms with Gasteiger partial charge in [-0.2, -0.15) is 0 Å².